The quantitative estimate of drug-likeness (QED) is 0.599. The summed E-state index contributed by atoms with van der Waals surface area (Å²) in [7, 11) is 0. The van der Waals surface area contributed by atoms with Crippen molar-refractivity contribution in [2.24, 2.45) is 5.10 Å². The van der Waals surface area contributed by atoms with E-state index in [0.717, 1.165) is 29.7 Å². The number of ether oxygens (including phenoxy) is 1. The molecule has 0 spiro atoms. The van der Waals surface area contributed by atoms with Crippen molar-refractivity contribution in [3.8, 4) is 5.75 Å². The molecule has 1 amide bonds. The number of hydrogen-bond donors (Lipinski definition) is 1. The molecule has 0 atom stereocenters. The lowest BCUT2D eigenvalue weighted by Crippen LogP contribution is -2.26. The van der Waals surface area contributed by atoms with Gasteiger partial charge in [0.2, 0.25) is 0 Å². The van der Waals surface area contributed by atoms with E-state index in [2.05, 4.69) is 17.5 Å². The Morgan fingerprint density at radius 3 is 2.62 bits per heavy atom. The lowest BCUT2D eigenvalue weighted by Gasteiger charge is -2.08. The first-order valence-electron chi connectivity index (χ1n) is 7.90. The zero-order valence-electron chi connectivity index (χ0n) is 13.9. The van der Waals surface area contributed by atoms with Gasteiger partial charge in [-0.15, -0.1) is 0 Å². The van der Waals surface area contributed by atoms with Crippen molar-refractivity contribution >= 4 is 23.2 Å². The fraction of sp³-hybridized carbons (Fsp3) is 0.263. The van der Waals surface area contributed by atoms with Gasteiger partial charge in [-0.1, -0.05) is 55.3 Å². The summed E-state index contributed by atoms with van der Waals surface area (Å²) < 4.78 is 5.46. The molecule has 5 heteroatoms. The Kier molecular flexibility index (Phi) is 6.82. The molecule has 0 heterocycles. The second-order valence-electron chi connectivity index (χ2n) is 5.41. The number of carbonyl (C=O) groups is 1. The summed E-state index contributed by atoms with van der Waals surface area (Å²) in [5.41, 5.74) is 5.33. The highest BCUT2D eigenvalue weighted by Crippen LogP contribution is 2.20. The molecule has 0 aliphatic rings. The van der Waals surface area contributed by atoms with Crippen LogP contribution in [0.2, 0.25) is 5.02 Å². The van der Waals surface area contributed by atoms with E-state index in [1.165, 1.54) is 0 Å². The van der Waals surface area contributed by atoms with Crippen LogP contribution in [0.4, 0.5) is 0 Å². The number of nitrogens with one attached hydrogen (secondary N) is 1. The van der Waals surface area contributed by atoms with Crippen molar-refractivity contribution in [3.05, 3.63) is 64.7 Å². The Bertz CT molecular complexity index is 715. The predicted octanol–water partition coefficient (Wildman–Crippen LogP) is 4.35. The predicted molar refractivity (Wildman–Crippen MR) is 97.7 cm³/mol. The van der Waals surface area contributed by atoms with Gasteiger partial charge < -0.3 is 4.74 Å². The summed E-state index contributed by atoms with van der Waals surface area (Å²) in [5.74, 6) is 0.306. The minimum absolute atomic E-state index is 0.0984. The van der Waals surface area contributed by atoms with Crippen molar-refractivity contribution in [1.82, 2.24) is 5.43 Å². The molecule has 2 aromatic rings. The van der Waals surface area contributed by atoms with Crippen LogP contribution in [0.1, 0.15) is 30.9 Å². The maximum absolute atomic E-state index is 11.9. The number of aryl methyl sites for hydroxylation is 1. The average molecular weight is 345 g/mol. The molecule has 0 fully saturated rings. The highest BCUT2D eigenvalue weighted by molar-refractivity contribution is 6.31. The molecule has 126 valence electrons. The summed E-state index contributed by atoms with van der Waals surface area (Å²) >= 11 is 5.96. The molecule has 1 N–H and O–H groups in total. The van der Waals surface area contributed by atoms with E-state index in [0.29, 0.717) is 10.8 Å². The first-order chi connectivity index (χ1) is 11.6. The van der Waals surface area contributed by atoms with E-state index in [4.69, 9.17) is 16.3 Å². The molecule has 24 heavy (non-hydrogen) atoms. The largest absolute Gasteiger partial charge is 0.484 e. The van der Waals surface area contributed by atoms with E-state index in [1.807, 2.05) is 37.3 Å². The molecule has 0 bridgehead atoms. The zero-order chi connectivity index (χ0) is 17.4. The van der Waals surface area contributed by atoms with Crippen LogP contribution < -0.4 is 10.2 Å². The SMILES string of the molecule is CCC/C(=N\NC(=O)COc1ccc(Cl)c(C)c1)c1ccccc1. The molecule has 0 aliphatic carbocycles. The first kappa shape index (κ1) is 18.0. The van der Waals surface area contributed by atoms with Gasteiger partial charge in [0, 0.05) is 5.02 Å². The molecule has 0 radical (unpaired) electrons. The van der Waals surface area contributed by atoms with Crippen molar-refractivity contribution in [1.29, 1.82) is 0 Å². The highest BCUT2D eigenvalue weighted by Gasteiger charge is 2.06. The molecule has 0 saturated carbocycles. The smallest absolute Gasteiger partial charge is 0.277 e. The third-order valence-electron chi connectivity index (χ3n) is 3.41. The third-order valence-corrected chi connectivity index (χ3v) is 3.83. The Hall–Kier alpha value is -2.33. The number of halogens is 1. The van der Waals surface area contributed by atoms with Gasteiger partial charge in [-0.05, 0) is 42.7 Å². The first-order valence-corrected chi connectivity index (χ1v) is 8.27. The Balaban J connectivity index is 1.93. The topological polar surface area (TPSA) is 50.7 Å². The van der Waals surface area contributed by atoms with Crippen LogP contribution in [0.25, 0.3) is 0 Å². The zero-order valence-corrected chi connectivity index (χ0v) is 14.6. The minimum atomic E-state index is -0.299. The van der Waals surface area contributed by atoms with E-state index in [9.17, 15) is 4.79 Å². The summed E-state index contributed by atoms with van der Waals surface area (Å²) in [6.07, 6.45) is 1.74. The molecule has 4 nitrogen and oxygen atoms in total. The van der Waals surface area contributed by atoms with Crippen LogP contribution in [0.3, 0.4) is 0 Å². The van der Waals surface area contributed by atoms with Crippen LogP contribution in [0.5, 0.6) is 5.75 Å². The lowest BCUT2D eigenvalue weighted by molar-refractivity contribution is -0.123. The summed E-state index contributed by atoms with van der Waals surface area (Å²) in [6, 6.07) is 15.1. The van der Waals surface area contributed by atoms with Crippen molar-refractivity contribution < 1.29 is 9.53 Å². The molecule has 0 saturated heterocycles. The number of rotatable bonds is 7. The van der Waals surface area contributed by atoms with Crippen LogP contribution in [-0.4, -0.2) is 18.2 Å². The fourth-order valence-electron chi connectivity index (χ4n) is 2.15. The number of hydrogen-bond acceptors (Lipinski definition) is 3. The Morgan fingerprint density at radius 2 is 1.96 bits per heavy atom. The van der Waals surface area contributed by atoms with Gasteiger partial charge in [0.15, 0.2) is 6.61 Å². The van der Waals surface area contributed by atoms with E-state index < -0.39 is 0 Å². The molecule has 0 aromatic heterocycles. The van der Waals surface area contributed by atoms with E-state index in [-0.39, 0.29) is 12.5 Å². The van der Waals surface area contributed by atoms with Gasteiger partial charge in [0.25, 0.3) is 5.91 Å². The number of carbonyl (C=O) groups excluding carboxylic acids is 1. The van der Waals surface area contributed by atoms with Crippen molar-refractivity contribution in [2.45, 2.75) is 26.7 Å². The number of benzene rings is 2. The maximum Gasteiger partial charge on any atom is 0.277 e. The normalized spacial score (nSPS) is 11.2. The summed E-state index contributed by atoms with van der Waals surface area (Å²) in [6.45, 7) is 3.86. The molecule has 0 unspecified atom stereocenters. The molecular weight excluding hydrogens is 324 g/mol. The Morgan fingerprint density at radius 1 is 1.21 bits per heavy atom. The van der Waals surface area contributed by atoms with Gasteiger partial charge in [-0.3, -0.25) is 4.79 Å². The highest BCUT2D eigenvalue weighted by atomic mass is 35.5. The number of amides is 1. The van der Waals surface area contributed by atoms with Crippen LogP contribution in [-0.2, 0) is 4.79 Å². The molecule has 2 rings (SSSR count). The van der Waals surface area contributed by atoms with Gasteiger partial charge in [-0.2, -0.15) is 5.10 Å². The minimum Gasteiger partial charge on any atom is -0.484 e. The molecule has 2 aromatic carbocycles. The second-order valence-corrected chi connectivity index (χ2v) is 5.82. The third kappa shape index (κ3) is 5.39. The molecule has 0 aliphatic heterocycles. The Labute approximate surface area is 147 Å². The van der Waals surface area contributed by atoms with E-state index in [1.54, 1.807) is 18.2 Å². The van der Waals surface area contributed by atoms with Crippen molar-refractivity contribution in [2.75, 3.05) is 6.61 Å². The van der Waals surface area contributed by atoms with Crippen molar-refractivity contribution in [3.63, 3.8) is 0 Å². The van der Waals surface area contributed by atoms with E-state index >= 15 is 0 Å². The molecular formula is C19H21ClN2O2. The maximum atomic E-state index is 11.9. The van der Waals surface area contributed by atoms with Crippen LogP contribution in [0, 0.1) is 6.92 Å². The number of hydrazone groups is 1. The fourth-order valence-corrected chi connectivity index (χ4v) is 2.27. The summed E-state index contributed by atoms with van der Waals surface area (Å²) in [5, 5.41) is 4.91. The monoisotopic (exact) mass is 344 g/mol. The van der Waals surface area contributed by atoms with Gasteiger partial charge in [0.1, 0.15) is 5.75 Å². The standard InChI is InChI=1S/C19H21ClN2O2/c1-3-7-18(15-8-5-4-6-9-15)21-22-19(23)13-24-16-10-11-17(20)14(2)12-16/h4-6,8-12H,3,7,13H2,1-2H3,(H,22,23)/b21-18+. The number of nitrogens with zero attached hydrogens (tertiary/aromatic N) is 1. The van der Waals surface area contributed by atoms with Gasteiger partial charge in [-0.25, -0.2) is 5.43 Å². The lowest BCUT2D eigenvalue weighted by atomic mass is 10.1. The second kappa shape index (κ2) is 9.08. The van der Waals surface area contributed by atoms with Gasteiger partial charge >= 0.3 is 0 Å². The van der Waals surface area contributed by atoms with Gasteiger partial charge in [0.05, 0.1) is 5.71 Å². The summed E-state index contributed by atoms with van der Waals surface area (Å²) in [4.78, 5) is 11.9. The average Bonchev–Trinajstić information content (AvgIpc) is 2.60. The van der Waals surface area contributed by atoms with Crippen LogP contribution >= 0.6 is 11.6 Å². The van der Waals surface area contributed by atoms with Crippen LogP contribution in [0.15, 0.2) is 53.6 Å².